The van der Waals surface area contributed by atoms with E-state index < -0.39 is 12.3 Å². The van der Waals surface area contributed by atoms with Gasteiger partial charge < -0.3 is 5.32 Å². The molecule has 0 radical (unpaired) electrons. The van der Waals surface area contributed by atoms with Crippen molar-refractivity contribution in [1.29, 1.82) is 0 Å². The van der Waals surface area contributed by atoms with Gasteiger partial charge in [0.2, 0.25) is 0 Å². The molecule has 4 aromatic rings. The van der Waals surface area contributed by atoms with E-state index in [1.165, 1.54) is 18.3 Å². The number of carbonyl (C=O) groups is 1. The predicted octanol–water partition coefficient (Wildman–Crippen LogP) is 4.23. The van der Waals surface area contributed by atoms with Crippen LogP contribution in [0.4, 0.5) is 18.9 Å². The van der Waals surface area contributed by atoms with Crippen LogP contribution in [0, 0.1) is 26.6 Å². The molecular weight excluding hydrogens is 409 g/mol. The summed E-state index contributed by atoms with van der Waals surface area (Å²) >= 11 is 0. The van der Waals surface area contributed by atoms with Crippen molar-refractivity contribution in [2.45, 2.75) is 33.7 Å². The molecule has 1 N–H and O–H groups in total. The van der Waals surface area contributed by atoms with E-state index in [1.807, 2.05) is 0 Å². The summed E-state index contributed by atoms with van der Waals surface area (Å²) in [6.07, 6.45) is -1.56. The molecule has 0 aliphatic heterocycles. The zero-order chi connectivity index (χ0) is 22.3. The van der Waals surface area contributed by atoms with E-state index in [9.17, 15) is 18.0 Å². The molecule has 0 bridgehead atoms. The maximum absolute atomic E-state index is 14.0. The monoisotopic (exact) mass is 428 g/mol. The Morgan fingerprint density at radius 2 is 1.94 bits per heavy atom. The molecule has 160 valence electrons. The molecule has 0 unspecified atom stereocenters. The van der Waals surface area contributed by atoms with Crippen molar-refractivity contribution in [3.63, 3.8) is 0 Å². The number of aromatic nitrogens is 5. The third-order valence-corrected chi connectivity index (χ3v) is 4.99. The van der Waals surface area contributed by atoms with Crippen molar-refractivity contribution in [1.82, 2.24) is 24.4 Å². The van der Waals surface area contributed by atoms with Crippen molar-refractivity contribution in [2.24, 2.45) is 0 Å². The molecule has 0 aliphatic rings. The number of amides is 1. The molecule has 10 heteroatoms. The van der Waals surface area contributed by atoms with E-state index in [0.29, 0.717) is 28.3 Å². The van der Waals surface area contributed by atoms with Crippen molar-refractivity contribution in [3.05, 3.63) is 76.2 Å². The molecule has 0 atom stereocenters. The van der Waals surface area contributed by atoms with Gasteiger partial charge in [0.05, 0.1) is 29.8 Å². The Balaban J connectivity index is 1.65. The van der Waals surface area contributed by atoms with Crippen molar-refractivity contribution < 1.29 is 18.0 Å². The van der Waals surface area contributed by atoms with Crippen molar-refractivity contribution in [3.8, 4) is 0 Å². The smallest absolute Gasteiger partial charge is 0.280 e. The third kappa shape index (κ3) is 3.76. The van der Waals surface area contributed by atoms with E-state index >= 15 is 0 Å². The minimum absolute atomic E-state index is 0.0434. The number of nitrogens with zero attached hydrogens (tertiary/aromatic N) is 5. The molecule has 7 nitrogen and oxygen atoms in total. The molecule has 3 heterocycles. The number of fused-ring (bicyclic) bond motifs is 1. The fourth-order valence-electron chi connectivity index (χ4n) is 3.43. The molecule has 4 rings (SSSR count). The van der Waals surface area contributed by atoms with Crippen molar-refractivity contribution in [2.75, 3.05) is 5.32 Å². The standard InChI is InChI=1S/C21H19F3N6O/c1-11-8-17(19(23)24)30-20(26-11)15(9-25-30)21(31)27-18-12(2)28-29(13(18)3)10-14-6-4-5-7-16(14)22/h4-9,19H,10H2,1-3H3,(H,27,31). The number of rotatable bonds is 5. The Labute approximate surface area is 175 Å². The van der Waals surface area contributed by atoms with Crippen LogP contribution in [0.25, 0.3) is 5.65 Å². The molecule has 0 aliphatic carbocycles. The predicted molar refractivity (Wildman–Crippen MR) is 108 cm³/mol. The van der Waals surface area contributed by atoms with Gasteiger partial charge in [-0.15, -0.1) is 0 Å². The topological polar surface area (TPSA) is 77.1 Å². The summed E-state index contributed by atoms with van der Waals surface area (Å²) < 4.78 is 43.2. The maximum Gasteiger partial charge on any atom is 0.280 e. The van der Waals surface area contributed by atoms with Crippen LogP contribution in [0.2, 0.25) is 0 Å². The number of hydrogen-bond donors (Lipinski definition) is 1. The van der Waals surface area contributed by atoms with Gasteiger partial charge in [-0.25, -0.2) is 22.7 Å². The summed E-state index contributed by atoms with van der Waals surface area (Å²) in [5.41, 5.74) is 2.21. The Kier molecular flexibility index (Phi) is 5.22. The van der Waals surface area contributed by atoms with Gasteiger partial charge in [0.25, 0.3) is 12.3 Å². The zero-order valence-electron chi connectivity index (χ0n) is 17.0. The van der Waals surface area contributed by atoms with Gasteiger partial charge in [0, 0.05) is 11.3 Å². The van der Waals surface area contributed by atoms with Gasteiger partial charge in [-0.05, 0) is 32.9 Å². The third-order valence-electron chi connectivity index (χ3n) is 4.99. The lowest BCUT2D eigenvalue weighted by Crippen LogP contribution is -2.14. The lowest BCUT2D eigenvalue weighted by molar-refractivity contribution is 0.102. The number of hydrogen-bond acceptors (Lipinski definition) is 4. The first-order chi connectivity index (χ1) is 14.8. The van der Waals surface area contributed by atoms with E-state index in [0.717, 1.165) is 4.52 Å². The summed E-state index contributed by atoms with van der Waals surface area (Å²) in [7, 11) is 0. The summed E-state index contributed by atoms with van der Waals surface area (Å²) in [4.78, 5) is 17.1. The van der Waals surface area contributed by atoms with Gasteiger partial charge in [0.15, 0.2) is 5.65 Å². The summed E-state index contributed by atoms with van der Waals surface area (Å²) in [6, 6.07) is 7.61. The molecular formula is C21H19F3N6O. The highest BCUT2D eigenvalue weighted by Gasteiger charge is 2.22. The SMILES string of the molecule is Cc1cc(C(F)F)n2ncc(C(=O)Nc3c(C)nn(Cc4ccccc4F)c3C)c2n1. The van der Waals surface area contributed by atoms with E-state index in [4.69, 9.17) is 0 Å². The van der Waals surface area contributed by atoms with Crippen LogP contribution in [0.1, 0.15) is 45.1 Å². The largest absolute Gasteiger partial charge is 0.319 e. The van der Waals surface area contributed by atoms with Crippen molar-refractivity contribution >= 4 is 17.2 Å². The molecule has 0 fully saturated rings. The molecule has 1 amide bonds. The second-order valence-electron chi connectivity index (χ2n) is 7.17. The number of carbonyl (C=O) groups excluding carboxylic acids is 1. The average Bonchev–Trinajstić information content (AvgIpc) is 3.25. The molecule has 0 saturated carbocycles. The van der Waals surface area contributed by atoms with Gasteiger partial charge >= 0.3 is 0 Å². The van der Waals surface area contributed by atoms with Crippen LogP contribution in [-0.4, -0.2) is 30.3 Å². The highest BCUT2D eigenvalue weighted by atomic mass is 19.3. The first kappa shape index (κ1) is 20.6. The van der Waals surface area contributed by atoms with E-state index in [2.05, 4.69) is 20.5 Å². The zero-order valence-corrected chi connectivity index (χ0v) is 17.0. The van der Waals surface area contributed by atoms with Crippen LogP contribution in [0.15, 0.2) is 36.5 Å². The van der Waals surface area contributed by atoms with Crippen LogP contribution in [0.5, 0.6) is 0 Å². The first-order valence-electron chi connectivity index (χ1n) is 9.48. The highest BCUT2D eigenvalue weighted by Crippen LogP contribution is 2.24. The Hall–Kier alpha value is -3.69. The van der Waals surface area contributed by atoms with Gasteiger partial charge in [-0.1, -0.05) is 18.2 Å². The average molecular weight is 428 g/mol. The molecule has 31 heavy (non-hydrogen) atoms. The lowest BCUT2D eigenvalue weighted by Gasteiger charge is -2.08. The maximum atomic E-state index is 14.0. The van der Waals surface area contributed by atoms with Gasteiger partial charge in [0.1, 0.15) is 17.1 Å². The first-order valence-corrected chi connectivity index (χ1v) is 9.48. The number of nitrogens with one attached hydrogen (secondary N) is 1. The lowest BCUT2D eigenvalue weighted by atomic mass is 10.2. The number of aryl methyl sites for hydroxylation is 2. The van der Waals surface area contributed by atoms with Gasteiger partial charge in [-0.3, -0.25) is 9.48 Å². The number of alkyl halides is 2. The summed E-state index contributed by atoms with van der Waals surface area (Å²) in [5.74, 6) is -0.895. The highest BCUT2D eigenvalue weighted by molar-refractivity contribution is 6.08. The minimum Gasteiger partial charge on any atom is -0.319 e. The minimum atomic E-state index is -2.76. The second kappa shape index (κ2) is 7.86. The van der Waals surface area contributed by atoms with Gasteiger partial charge in [-0.2, -0.15) is 10.2 Å². The van der Waals surface area contributed by atoms with Crippen LogP contribution in [-0.2, 0) is 6.54 Å². The number of anilines is 1. The normalized spacial score (nSPS) is 11.5. The molecule has 0 spiro atoms. The summed E-state index contributed by atoms with van der Waals surface area (Å²) in [5, 5.41) is 11.1. The van der Waals surface area contributed by atoms with Crippen LogP contribution < -0.4 is 5.32 Å². The molecule has 1 aromatic carbocycles. The number of benzene rings is 1. The van der Waals surface area contributed by atoms with E-state index in [-0.39, 0.29) is 29.3 Å². The Bertz CT molecular complexity index is 1290. The molecule has 0 saturated heterocycles. The fraction of sp³-hybridized carbons (Fsp3) is 0.238. The van der Waals surface area contributed by atoms with Crippen LogP contribution in [0.3, 0.4) is 0 Å². The van der Waals surface area contributed by atoms with Crippen LogP contribution >= 0.6 is 0 Å². The second-order valence-corrected chi connectivity index (χ2v) is 7.17. The Morgan fingerprint density at radius 1 is 1.19 bits per heavy atom. The molecule has 3 aromatic heterocycles. The number of halogens is 3. The van der Waals surface area contributed by atoms with E-state index in [1.54, 1.807) is 43.7 Å². The quantitative estimate of drug-likeness (QED) is 0.516. The Morgan fingerprint density at radius 3 is 2.65 bits per heavy atom. The fourth-order valence-corrected chi connectivity index (χ4v) is 3.43. The summed E-state index contributed by atoms with van der Waals surface area (Å²) in [6.45, 7) is 5.24.